The lowest BCUT2D eigenvalue weighted by atomic mass is 9.98. The fourth-order valence-electron chi connectivity index (χ4n) is 2.90. The molecule has 0 radical (unpaired) electrons. The number of hydrogen-bond acceptors (Lipinski definition) is 2. The number of halogens is 2. The molecule has 0 bridgehead atoms. The lowest BCUT2D eigenvalue weighted by Crippen LogP contribution is -1.89. The fraction of sp³-hybridized carbons (Fsp3) is 0.136. The highest BCUT2D eigenvalue weighted by atomic mass is 32.1. The van der Waals surface area contributed by atoms with Crippen LogP contribution < -0.4 is 0 Å². The Bertz CT molecular complexity index is 974. The third-order valence-corrected chi connectivity index (χ3v) is 4.31. The first-order valence-electron chi connectivity index (χ1n) is 8.39. The Kier molecular flexibility index (Phi) is 5.67. The van der Waals surface area contributed by atoms with Gasteiger partial charge in [-0.3, -0.25) is 0 Å². The van der Waals surface area contributed by atoms with Crippen molar-refractivity contribution in [3.05, 3.63) is 77.9 Å². The number of isothiocyanates is 1. The molecule has 0 aliphatic carbocycles. The van der Waals surface area contributed by atoms with Crippen molar-refractivity contribution in [1.29, 1.82) is 0 Å². The van der Waals surface area contributed by atoms with Crippen LogP contribution in [0.2, 0.25) is 0 Å². The fourth-order valence-corrected chi connectivity index (χ4v) is 2.99. The first-order valence-corrected chi connectivity index (χ1v) is 8.80. The van der Waals surface area contributed by atoms with Gasteiger partial charge in [-0.2, -0.15) is 4.99 Å². The topological polar surface area (TPSA) is 12.4 Å². The summed E-state index contributed by atoms with van der Waals surface area (Å²) in [6.45, 7) is 2.14. The second-order valence-electron chi connectivity index (χ2n) is 6.01. The Labute approximate surface area is 157 Å². The van der Waals surface area contributed by atoms with E-state index >= 15 is 0 Å². The number of hydrogen-bond donors (Lipinski definition) is 0. The lowest BCUT2D eigenvalue weighted by Gasteiger charge is -2.08. The summed E-state index contributed by atoms with van der Waals surface area (Å²) in [5, 5.41) is 2.13. The van der Waals surface area contributed by atoms with Gasteiger partial charge in [0.15, 0.2) is 0 Å². The molecule has 0 amide bonds. The van der Waals surface area contributed by atoms with Gasteiger partial charge in [0.1, 0.15) is 17.3 Å². The second-order valence-corrected chi connectivity index (χ2v) is 6.19. The second kappa shape index (κ2) is 8.13. The van der Waals surface area contributed by atoms with Crippen molar-refractivity contribution in [3.63, 3.8) is 0 Å². The number of rotatable bonds is 5. The van der Waals surface area contributed by atoms with Crippen molar-refractivity contribution >= 4 is 23.1 Å². The maximum Gasteiger partial charge on any atom is 0.150 e. The lowest BCUT2D eigenvalue weighted by molar-refractivity contribution is 0.626. The summed E-state index contributed by atoms with van der Waals surface area (Å²) in [4.78, 5) is 3.63. The Morgan fingerprint density at radius 2 is 1.50 bits per heavy atom. The standard InChI is InChI=1S/C22H17F2NS/c1-2-3-15-4-6-16(7-5-15)17-8-10-19(20(23)12-17)18-9-11-22(25-14-26)21(24)13-18/h4-13H,2-3H2,1H3. The minimum absolute atomic E-state index is 0.0907. The molecule has 0 saturated carbocycles. The van der Waals surface area contributed by atoms with Gasteiger partial charge in [0, 0.05) is 5.56 Å². The number of aryl methyl sites for hydroxylation is 1. The zero-order valence-corrected chi connectivity index (χ0v) is 15.1. The molecular formula is C22H17F2NS. The first kappa shape index (κ1) is 18.1. The molecule has 3 aromatic rings. The summed E-state index contributed by atoms with van der Waals surface area (Å²) in [7, 11) is 0. The van der Waals surface area contributed by atoms with Crippen LogP contribution in [0.3, 0.4) is 0 Å². The van der Waals surface area contributed by atoms with E-state index in [2.05, 4.69) is 41.4 Å². The van der Waals surface area contributed by atoms with E-state index < -0.39 is 11.6 Å². The van der Waals surface area contributed by atoms with Crippen LogP contribution >= 0.6 is 12.2 Å². The molecule has 0 heterocycles. The molecule has 4 heteroatoms. The van der Waals surface area contributed by atoms with Crippen LogP contribution in [0.4, 0.5) is 14.5 Å². The van der Waals surface area contributed by atoms with Crippen LogP contribution in [0.1, 0.15) is 18.9 Å². The molecule has 0 saturated heterocycles. The van der Waals surface area contributed by atoms with Gasteiger partial charge in [-0.15, -0.1) is 0 Å². The molecule has 130 valence electrons. The van der Waals surface area contributed by atoms with Crippen molar-refractivity contribution in [2.24, 2.45) is 4.99 Å². The highest BCUT2D eigenvalue weighted by Gasteiger charge is 2.10. The van der Waals surface area contributed by atoms with Crippen LogP contribution in [0, 0.1) is 11.6 Å². The van der Waals surface area contributed by atoms with E-state index in [9.17, 15) is 8.78 Å². The summed E-state index contributed by atoms with van der Waals surface area (Å²) in [6, 6.07) is 17.4. The Morgan fingerprint density at radius 1 is 0.846 bits per heavy atom. The predicted octanol–water partition coefficient (Wildman–Crippen LogP) is 6.99. The minimum atomic E-state index is -0.560. The van der Waals surface area contributed by atoms with Crippen molar-refractivity contribution in [3.8, 4) is 22.3 Å². The molecule has 0 aromatic heterocycles. The summed E-state index contributed by atoms with van der Waals surface area (Å²) in [5.41, 5.74) is 3.89. The van der Waals surface area contributed by atoms with E-state index in [1.165, 1.54) is 23.8 Å². The van der Waals surface area contributed by atoms with E-state index in [1.807, 2.05) is 18.2 Å². The number of aliphatic imine (C=N–C) groups is 1. The van der Waals surface area contributed by atoms with Crippen LogP contribution in [-0.2, 0) is 6.42 Å². The number of thiocarbonyl (C=S) groups is 1. The van der Waals surface area contributed by atoms with Crippen LogP contribution in [0.5, 0.6) is 0 Å². The predicted molar refractivity (Wildman–Crippen MR) is 106 cm³/mol. The molecular weight excluding hydrogens is 348 g/mol. The van der Waals surface area contributed by atoms with Gasteiger partial charge < -0.3 is 0 Å². The highest BCUT2D eigenvalue weighted by molar-refractivity contribution is 7.78. The van der Waals surface area contributed by atoms with Gasteiger partial charge in [-0.1, -0.05) is 55.8 Å². The van der Waals surface area contributed by atoms with Crippen LogP contribution in [-0.4, -0.2) is 5.16 Å². The van der Waals surface area contributed by atoms with Gasteiger partial charge >= 0.3 is 0 Å². The SMILES string of the molecule is CCCc1ccc(-c2ccc(-c3ccc(N=C=S)c(F)c3)c(F)c2)cc1. The van der Waals surface area contributed by atoms with E-state index in [0.717, 1.165) is 24.0 Å². The van der Waals surface area contributed by atoms with Gasteiger partial charge in [-0.05, 0) is 59.1 Å². The van der Waals surface area contributed by atoms with Gasteiger partial charge in [0.2, 0.25) is 0 Å². The molecule has 3 aromatic carbocycles. The van der Waals surface area contributed by atoms with Gasteiger partial charge in [0.05, 0.1) is 5.16 Å². The van der Waals surface area contributed by atoms with E-state index in [4.69, 9.17) is 0 Å². The van der Waals surface area contributed by atoms with Gasteiger partial charge in [-0.25, -0.2) is 8.78 Å². The first-order chi connectivity index (χ1) is 12.6. The van der Waals surface area contributed by atoms with Crippen LogP contribution in [0.25, 0.3) is 22.3 Å². The molecule has 26 heavy (non-hydrogen) atoms. The summed E-state index contributed by atoms with van der Waals surface area (Å²) in [6.07, 6.45) is 2.12. The third kappa shape index (κ3) is 3.93. The number of benzene rings is 3. The molecule has 3 rings (SSSR count). The molecule has 0 atom stereocenters. The van der Waals surface area contributed by atoms with E-state index in [1.54, 1.807) is 12.1 Å². The zero-order chi connectivity index (χ0) is 18.5. The van der Waals surface area contributed by atoms with Crippen molar-refractivity contribution < 1.29 is 8.78 Å². The summed E-state index contributed by atoms with van der Waals surface area (Å²) in [5.74, 6) is -0.958. The Hall–Kier alpha value is -2.68. The van der Waals surface area contributed by atoms with Crippen molar-refractivity contribution in [2.75, 3.05) is 0 Å². The third-order valence-electron chi connectivity index (χ3n) is 4.22. The monoisotopic (exact) mass is 365 g/mol. The molecule has 0 fully saturated rings. The maximum absolute atomic E-state index is 14.6. The average molecular weight is 365 g/mol. The molecule has 0 spiro atoms. The van der Waals surface area contributed by atoms with E-state index in [-0.39, 0.29) is 5.69 Å². The largest absolute Gasteiger partial charge is 0.206 e. The average Bonchev–Trinajstić information content (AvgIpc) is 2.64. The summed E-state index contributed by atoms with van der Waals surface area (Å²) < 4.78 is 28.6. The maximum atomic E-state index is 14.6. The Morgan fingerprint density at radius 3 is 2.12 bits per heavy atom. The molecule has 1 nitrogen and oxygen atoms in total. The molecule has 0 N–H and O–H groups in total. The minimum Gasteiger partial charge on any atom is -0.206 e. The van der Waals surface area contributed by atoms with Crippen molar-refractivity contribution in [2.45, 2.75) is 19.8 Å². The van der Waals surface area contributed by atoms with E-state index in [0.29, 0.717) is 11.1 Å². The quantitative estimate of drug-likeness (QED) is 0.351. The zero-order valence-electron chi connectivity index (χ0n) is 14.3. The Balaban J connectivity index is 1.92. The van der Waals surface area contributed by atoms with Crippen LogP contribution in [0.15, 0.2) is 65.7 Å². The molecule has 0 aliphatic heterocycles. The highest BCUT2D eigenvalue weighted by Crippen LogP contribution is 2.30. The number of nitrogens with zero attached hydrogens (tertiary/aromatic N) is 1. The molecule has 0 aliphatic rings. The smallest absolute Gasteiger partial charge is 0.150 e. The summed E-state index contributed by atoms with van der Waals surface area (Å²) >= 11 is 4.48. The normalized spacial score (nSPS) is 10.4. The molecule has 0 unspecified atom stereocenters. The van der Waals surface area contributed by atoms with Gasteiger partial charge in [0.25, 0.3) is 0 Å². The van der Waals surface area contributed by atoms with Crippen molar-refractivity contribution in [1.82, 2.24) is 0 Å².